The van der Waals surface area contributed by atoms with Crippen LogP contribution >= 0.6 is 0 Å². The van der Waals surface area contributed by atoms with E-state index in [-0.39, 0.29) is 5.41 Å². The summed E-state index contributed by atoms with van der Waals surface area (Å²) in [5, 5.41) is 11.8. The Hall–Kier alpha value is -2.34. The van der Waals surface area contributed by atoms with E-state index < -0.39 is 0 Å². The molecular formula is C16H13N3. The highest BCUT2D eigenvalue weighted by molar-refractivity contribution is 6.06. The molecule has 0 radical (unpaired) electrons. The van der Waals surface area contributed by atoms with Gasteiger partial charge in [0, 0.05) is 34.2 Å². The highest BCUT2D eigenvalue weighted by Gasteiger charge is 2.39. The largest absolute Gasteiger partial charge is 0.354 e. The number of aromatic nitrogens is 2. The Morgan fingerprint density at radius 1 is 1.16 bits per heavy atom. The van der Waals surface area contributed by atoms with Gasteiger partial charge in [0.05, 0.1) is 11.5 Å². The van der Waals surface area contributed by atoms with Gasteiger partial charge in [0.1, 0.15) is 0 Å². The smallest absolute Gasteiger partial charge is 0.0823 e. The van der Waals surface area contributed by atoms with Crippen LogP contribution < -0.4 is 0 Å². The zero-order valence-electron chi connectivity index (χ0n) is 10.5. The van der Waals surface area contributed by atoms with Crippen molar-refractivity contribution < 1.29 is 0 Å². The van der Waals surface area contributed by atoms with E-state index >= 15 is 0 Å². The van der Waals surface area contributed by atoms with Crippen LogP contribution in [0.1, 0.15) is 24.8 Å². The Balaban J connectivity index is 1.97. The molecule has 3 heteroatoms. The van der Waals surface area contributed by atoms with Gasteiger partial charge in [-0.3, -0.25) is 4.98 Å². The summed E-state index contributed by atoms with van der Waals surface area (Å²) >= 11 is 0. The number of nitrogens with one attached hydrogen (secondary N) is 1. The van der Waals surface area contributed by atoms with Gasteiger partial charge >= 0.3 is 0 Å². The molecule has 2 heterocycles. The van der Waals surface area contributed by atoms with E-state index in [2.05, 4.69) is 34.2 Å². The molecule has 1 saturated carbocycles. The minimum atomic E-state index is -0.246. The Morgan fingerprint density at radius 2 is 2.05 bits per heavy atom. The first-order chi connectivity index (χ1) is 9.32. The number of nitriles is 1. The Labute approximate surface area is 110 Å². The van der Waals surface area contributed by atoms with Crippen molar-refractivity contribution in [3.05, 3.63) is 42.2 Å². The van der Waals surface area contributed by atoms with Crippen molar-refractivity contribution in [1.29, 1.82) is 5.26 Å². The summed E-state index contributed by atoms with van der Waals surface area (Å²) in [6.07, 6.45) is 6.80. The minimum absolute atomic E-state index is 0.246. The second-order valence-corrected chi connectivity index (χ2v) is 5.35. The maximum atomic E-state index is 9.43. The van der Waals surface area contributed by atoms with Gasteiger partial charge in [-0.1, -0.05) is 12.1 Å². The second kappa shape index (κ2) is 3.58. The summed E-state index contributed by atoms with van der Waals surface area (Å²) in [5.41, 5.74) is 3.10. The van der Waals surface area contributed by atoms with Crippen molar-refractivity contribution >= 4 is 21.8 Å². The molecule has 0 spiro atoms. The highest BCUT2D eigenvalue weighted by atomic mass is 14.7. The van der Waals surface area contributed by atoms with E-state index in [1.165, 1.54) is 5.39 Å². The van der Waals surface area contributed by atoms with E-state index in [1.807, 2.05) is 12.3 Å². The van der Waals surface area contributed by atoms with Crippen molar-refractivity contribution in [3.8, 4) is 6.07 Å². The lowest BCUT2D eigenvalue weighted by molar-refractivity contribution is 0.324. The molecular weight excluding hydrogens is 234 g/mol. The molecule has 3 aromatic rings. The molecule has 92 valence electrons. The van der Waals surface area contributed by atoms with E-state index in [4.69, 9.17) is 0 Å². The molecule has 1 aliphatic rings. The number of rotatable bonds is 1. The number of nitrogens with zero attached hydrogens (tertiary/aromatic N) is 2. The first kappa shape index (κ1) is 10.6. The van der Waals surface area contributed by atoms with Gasteiger partial charge in [0.15, 0.2) is 0 Å². The molecule has 1 aliphatic carbocycles. The maximum Gasteiger partial charge on any atom is 0.0823 e. The average molecular weight is 247 g/mol. The number of aromatic amines is 1. The van der Waals surface area contributed by atoms with Crippen LogP contribution in [0.15, 0.2) is 36.7 Å². The molecule has 0 atom stereocenters. The van der Waals surface area contributed by atoms with Gasteiger partial charge in [-0.15, -0.1) is 0 Å². The van der Waals surface area contributed by atoms with E-state index in [9.17, 15) is 5.26 Å². The summed E-state index contributed by atoms with van der Waals surface area (Å²) in [4.78, 5) is 7.59. The van der Waals surface area contributed by atoms with E-state index in [0.717, 1.165) is 41.2 Å². The topological polar surface area (TPSA) is 52.5 Å². The lowest BCUT2D eigenvalue weighted by atomic mass is 9.65. The van der Waals surface area contributed by atoms with E-state index in [1.54, 1.807) is 6.20 Å². The fraction of sp³-hybridized carbons (Fsp3) is 0.250. The third-order valence-corrected chi connectivity index (χ3v) is 4.37. The van der Waals surface area contributed by atoms with Crippen LogP contribution in [0.2, 0.25) is 0 Å². The van der Waals surface area contributed by atoms with Crippen LogP contribution in [0.25, 0.3) is 21.8 Å². The van der Waals surface area contributed by atoms with Gasteiger partial charge in [-0.25, -0.2) is 0 Å². The van der Waals surface area contributed by atoms with Crippen LogP contribution in [0.3, 0.4) is 0 Å². The molecule has 4 rings (SSSR count). The Kier molecular flexibility index (Phi) is 1.99. The number of hydrogen-bond donors (Lipinski definition) is 1. The van der Waals surface area contributed by atoms with Crippen molar-refractivity contribution in [2.75, 3.05) is 0 Å². The Morgan fingerprint density at radius 3 is 2.79 bits per heavy atom. The van der Waals surface area contributed by atoms with Gasteiger partial charge in [0.25, 0.3) is 0 Å². The highest BCUT2D eigenvalue weighted by Crippen LogP contribution is 2.44. The lowest BCUT2D eigenvalue weighted by Crippen LogP contribution is -2.32. The summed E-state index contributed by atoms with van der Waals surface area (Å²) < 4.78 is 0. The number of H-pyrrole nitrogens is 1. The first-order valence-electron chi connectivity index (χ1n) is 6.60. The third-order valence-electron chi connectivity index (χ3n) is 4.37. The monoisotopic (exact) mass is 247 g/mol. The summed E-state index contributed by atoms with van der Waals surface area (Å²) in [6.45, 7) is 0. The lowest BCUT2D eigenvalue weighted by Gasteiger charge is -2.35. The van der Waals surface area contributed by atoms with Crippen molar-refractivity contribution in [3.63, 3.8) is 0 Å². The maximum absolute atomic E-state index is 9.43. The van der Waals surface area contributed by atoms with Gasteiger partial charge in [0.2, 0.25) is 0 Å². The van der Waals surface area contributed by atoms with Gasteiger partial charge < -0.3 is 4.98 Å². The molecule has 0 aliphatic heterocycles. The summed E-state index contributed by atoms with van der Waals surface area (Å²) in [6, 6.07) is 10.8. The fourth-order valence-corrected chi connectivity index (χ4v) is 3.04. The number of hydrogen-bond acceptors (Lipinski definition) is 2. The average Bonchev–Trinajstić information content (AvgIpc) is 2.76. The Bertz CT molecular complexity index is 819. The molecule has 3 nitrogen and oxygen atoms in total. The van der Waals surface area contributed by atoms with E-state index in [0.29, 0.717) is 0 Å². The first-order valence-corrected chi connectivity index (χ1v) is 6.60. The quantitative estimate of drug-likeness (QED) is 0.713. The van der Waals surface area contributed by atoms with Crippen molar-refractivity contribution in [1.82, 2.24) is 9.97 Å². The standard InChI is InChI=1S/C16H13N3/c17-10-16(5-1-6-16)11-2-3-12-13-9-18-7-4-14(13)19-15(12)8-11/h2-4,7-9,19H,1,5-6H2. The number of benzene rings is 1. The zero-order chi connectivity index (χ0) is 12.9. The van der Waals surface area contributed by atoms with Crippen LogP contribution in [-0.4, -0.2) is 9.97 Å². The van der Waals surface area contributed by atoms with Crippen LogP contribution in [-0.2, 0) is 5.41 Å². The normalized spacial score (nSPS) is 17.2. The number of fused-ring (bicyclic) bond motifs is 3. The molecule has 19 heavy (non-hydrogen) atoms. The molecule has 1 aromatic carbocycles. The van der Waals surface area contributed by atoms with Gasteiger partial charge in [-0.05, 0) is 37.0 Å². The molecule has 1 fully saturated rings. The molecule has 0 unspecified atom stereocenters. The molecule has 0 bridgehead atoms. The number of pyridine rings is 1. The SMILES string of the molecule is N#CC1(c2ccc3c(c2)[nH]c2ccncc23)CCC1. The minimum Gasteiger partial charge on any atom is -0.354 e. The third kappa shape index (κ3) is 1.34. The van der Waals surface area contributed by atoms with Crippen LogP contribution in [0.4, 0.5) is 0 Å². The molecule has 0 saturated heterocycles. The van der Waals surface area contributed by atoms with Crippen molar-refractivity contribution in [2.45, 2.75) is 24.7 Å². The van der Waals surface area contributed by atoms with Crippen LogP contribution in [0, 0.1) is 11.3 Å². The summed E-state index contributed by atoms with van der Waals surface area (Å²) in [7, 11) is 0. The van der Waals surface area contributed by atoms with Crippen LogP contribution in [0.5, 0.6) is 0 Å². The zero-order valence-corrected chi connectivity index (χ0v) is 10.5. The van der Waals surface area contributed by atoms with Gasteiger partial charge in [-0.2, -0.15) is 5.26 Å². The predicted octanol–water partition coefficient (Wildman–Crippen LogP) is 3.66. The predicted molar refractivity (Wildman–Crippen MR) is 74.7 cm³/mol. The molecule has 1 N–H and O–H groups in total. The second-order valence-electron chi connectivity index (χ2n) is 5.35. The fourth-order valence-electron chi connectivity index (χ4n) is 3.04. The molecule has 2 aromatic heterocycles. The van der Waals surface area contributed by atoms with Crippen molar-refractivity contribution in [2.24, 2.45) is 0 Å². The summed E-state index contributed by atoms with van der Waals surface area (Å²) in [5.74, 6) is 0. The molecule has 0 amide bonds.